The van der Waals surface area contributed by atoms with Crippen LogP contribution in [0.25, 0.3) is 0 Å². The summed E-state index contributed by atoms with van der Waals surface area (Å²) in [5, 5.41) is 9.35. The summed E-state index contributed by atoms with van der Waals surface area (Å²) in [5.74, 6) is -0.485. The van der Waals surface area contributed by atoms with Crippen molar-refractivity contribution in [3.8, 4) is 5.88 Å². The fraction of sp³-hybridized carbons (Fsp3) is 0.667. The topological polar surface area (TPSA) is 55.4 Å². The van der Waals surface area contributed by atoms with Crippen LogP contribution < -0.4 is 5.76 Å². The lowest BCUT2D eigenvalue weighted by Gasteiger charge is -2.21. The van der Waals surface area contributed by atoms with E-state index in [4.69, 9.17) is 0 Å². The zero-order chi connectivity index (χ0) is 9.26. The fourth-order valence-corrected chi connectivity index (χ4v) is 1.99. The molecule has 13 heavy (non-hydrogen) atoms. The summed E-state index contributed by atoms with van der Waals surface area (Å²) in [5.41, 5.74) is 0. The van der Waals surface area contributed by atoms with Crippen LogP contribution >= 0.6 is 0 Å². The third kappa shape index (κ3) is 1.48. The van der Waals surface area contributed by atoms with Crippen LogP contribution in [-0.4, -0.2) is 9.67 Å². The van der Waals surface area contributed by atoms with Crippen molar-refractivity contribution in [3.05, 3.63) is 16.8 Å². The lowest BCUT2D eigenvalue weighted by molar-refractivity contribution is 0.301. The zero-order valence-corrected chi connectivity index (χ0v) is 7.40. The van der Waals surface area contributed by atoms with Crippen LogP contribution in [0.4, 0.5) is 0 Å². The van der Waals surface area contributed by atoms with E-state index in [9.17, 15) is 9.90 Å². The average molecular weight is 183 g/mol. The molecule has 1 N–H and O–H groups in total. The Bertz CT molecular complexity index is 333. The predicted molar refractivity (Wildman–Crippen MR) is 46.8 cm³/mol. The molecule has 4 heteroatoms. The Balaban J connectivity index is 2.27. The zero-order valence-electron chi connectivity index (χ0n) is 7.40. The molecule has 1 fully saturated rings. The molecule has 2 rings (SSSR count). The average Bonchev–Trinajstić information content (AvgIpc) is 2.48. The number of rotatable bonds is 1. The molecule has 1 saturated carbocycles. The Morgan fingerprint density at radius 1 is 1.38 bits per heavy atom. The first-order valence-corrected chi connectivity index (χ1v) is 4.68. The van der Waals surface area contributed by atoms with E-state index < -0.39 is 5.76 Å². The Morgan fingerprint density at radius 2 is 2.08 bits per heavy atom. The molecule has 0 bridgehead atoms. The highest BCUT2D eigenvalue weighted by Crippen LogP contribution is 2.29. The van der Waals surface area contributed by atoms with E-state index in [1.165, 1.54) is 11.0 Å². The van der Waals surface area contributed by atoms with Crippen LogP contribution in [-0.2, 0) is 0 Å². The van der Waals surface area contributed by atoms with Crippen LogP contribution in [0.1, 0.15) is 38.1 Å². The minimum absolute atomic E-state index is 0.0445. The van der Waals surface area contributed by atoms with Gasteiger partial charge in [0, 0.05) is 6.04 Å². The molecule has 0 aliphatic heterocycles. The maximum Gasteiger partial charge on any atom is 0.422 e. The van der Waals surface area contributed by atoms with E-state index in [-0.39, 0.29) is 11.9 Å². The maximum atomic E-state index is 11.2. The Kier molecular flexibility index (Phi) is 2.12. The smallest absolute Gasteiger partial charge is 0.422 e. The standard InChI is InChI=1S/C9H13NO3/c11-8-6-13-9(12)10(8)7-4-2-1-3-5-7/h6-7,11H,1-5H2. The molecule has 0 spiro atoms. The van der Waals surface area contributed by atoms with Gasteiger partial charge in [0.2, 0.25) is 5.88 Å². The van der Waals surface area contributed by atoms with Gasteiger partial charge in [-0.15, -0.1) is 0 Å². The first-order chi connectivity index (χ1) is 6.29. The van der Waals surface area contributed by atoms with Gasteiger partial charge in [-0.2, -0.15) is 0 Å². The second kappa shape index (κ2) is 3.28. The second-order valence-corrected chi connectivity index (χ2v) is 3.52. The molecule has 1 aliphatic rings. The molecular weight excluding hydrogens is 170 g/mol. The molecule has 1 aliphatic carbocycles. The number of oxazole rings is 1. The van der Waals surface area contributed by atoms with Crippen LogP contribution in [0.3, 0.4) is 0 Å². The van der Waals surface area contributed by atoms with E-state index in [1.54, 1.807) is 0 Å². The fourth-order valence-electron chi connectivity index (χ4n) is 1.99. The SMILES string of the molecule is O=c1occ(O)n1C1CCCCC1. The molecule has 0 aromatic carbocycles. The van der Waals surface area contributed by atoms with E-state index >= 15 is 0 Å². The molecule has 0 atom stereocenters. The lowest BCUT2D eigenvalue weighted by atomic mass is 9.95. The molecule has 0 saturated heterocycles. The molecule has 0 unspecified atom stereocenters. The summed E-state index contributed by atoms with van der Waals surface area (Å²) in [7, 11) is 0. The van der Waals surface area contributed by atoms with Gasteiger partial charge in [0.25, 0.3) is 0 Å². The van der Waals surface area contributed by atoms with Gasteiger partial charge in [0.05, 0.1) is 0 Å². The number of hydrogen-bond acceptors (Lipinski definition) is 3. The Morgan fingerprint density at radius 3 is 2.62 bits per heavy atom. The van der Waals surface area contributed by atoms with Crippen molar-refractivity contribution >= 4 is 0 Å². The van der Waals surface area contributed by atoms with Crippen molar-refractivity contribution in [1.82, 2.24) is 4.57 Å². The van der Waals surface area contributed by atoms with Gasteiger partial charge >= 0.3 is 5.76 Å². The molecule has 0 amide bonds. The normalized spacial score (nSPS) is 19.1. The van der Waals surface area contributed by atoms with Crippen molar-refractivity contribution in [2.45, 2.75) is 38.1 Å². The van der Waals surface area contributed by atoms with E-state index in [0.717, 1.165) is 31.9 Å². The van der Waals surface area contributed by atoms with Gasteiger partial charge in [-0.1, -0.05) is 19.3 Å². The monoisotopic (exact) mass is 183 g/mol. The van der Waals surface area contributed by atoms with Crippen molar-refractivity contribution in [2.75, 3.05) is 0 Å². The summed E-state index contributed by atoms with van der Waals surface area (Å²) >= 11 is 0. The summed E-state index contributed by atoms with van der Waals surface area (Å²) in [4.78, 5) is 11.2. The van der Waals surface area contributed by atoms with Crippen molar-refractivity contribution < 1.29 is 9.52 Å². The molecular formula is C9H13NO3. The molecule has 72 valence electrons. The van der Waals surface area contributed by atoms with Gasteiger partial charge < -0.3 is 9.52 Å². The van der Waals surface area contributed by atoms with Crippen LogP contribution in [0.2, 0.25) is 0 Å². The predicted octanol–water partition coefficient (Wildman–Crippen LogP) is 1.65. The molecule has 4 nitrogen and oxygen atoms in total. The molecule has 1 aromatic heterocycles. The molecule has 0 radical (unpaired) electrons. The minimum Gasteiger partial charge on any atom is -0.492 e. The van der Waals surface area contributed by atoms with Gasteiger partial charge in [-0.3, -0.25) is 0 Å². The van der Waals surface area contributed by atoms with Gasteiger partial charge in [0.1, 0.15) is 0 Å². The van der Waals surface area contributed by atoms with E-state index in [0.29, 0.717) is 0 Å². The second-order valence-electron chi connectivity index (χ2n) is 3.52. The summed E-state index contributed by atoms with van der Waals surface area (Å²) in [6.07, 6.45) is 6.52. The Hall–Kier alpha value is -1.19. The highest BCUT2D eigenvalue weighted by Gasteiger charge is 2.20. The van der Waals surface area contributed by atoms with Gasteiger partial charge in [-0.25, -0.2) is 9.36 Å². The van der Waals surface area contributed by atoms with Crippen LogP contribution in [0.15, 0.2) is 15.5 Å². The Labute approximate surface area is 75.8 Å². The third-order valence-electron chi connectivity index (χ3n) is 2.65. The van der Waals surface area contributed by atoms with E-state index in [2.05, 4.69) is 4.42 Å². The largest absolute Gasteiger partial charge is 0.492 e. The summed E-state index contributed by atoms with van der Waals surface area (Å²) < 4.78 is 5.97. The summed E-state index contributed by atoms with van der Waals surface area (Å²) in [6, 6.07) is 0.139. The highest BCUT2D eigenvalue weighted by atomic mass is 16.4. The number of nitrogens with zero attached hydrogens (tertiary/aromatic N) is 1. The number of aromatic hydroxyl groups is 1. The van der Waals surface area contributed by atoms with Gasteiger partial charge in [-0.05, 0) is 12.8 Å². The van der Waals surface area contributed by atoms with Crippen molar-refractivity contribution in [2.24, 2.45) is 0 Å². The quantitative estimate of drug-likeness (QED) is 0.720. The maximum absolute atomic E-state index is 11.2. The highest BCUT2D eigenvalue weighted by molar-refractivity contribution is 5.02. The minimum atomic E-state index is -0.440. The first kappa shape index (κ1) is 8.41. The molecule has 1 aromatic rings. The van der Waals surface area contributed by atoms with Crippen LogP contribution in [0, 0.1) is 0 Å². The van der Waals surface area contributed by atoms with E-state index in [1.807, 2.05) is 0 Å². The molecule has 1 heterocycles. The number of aromatic nitrogens is 1. The first-order valence-electron chi connectivity index (χ1n) is 4.68. The third-order valence-corrected chi connectivity index (χ3v) is 2.65. The number of hydrogen-bond donors (Lipinski definition) is 1. The summed E-state index contributed by atoms with van der Waals surface area (Å²) in [6.45, 7) is 0. The van der Waals surface area contributed by atoms with Crippen LogP contribution in [0.5, 0.6) is 5.88 Å². The lowest BCUT2D eigenvalue weighted by Crippen LogP contribution is -2.22. The van der Waals surface area contributed by atoms with Crippen molar-refractivity contribution in [3.63, 3.8) is 0 Å². The van der Waals surface area contributed by atoms with Gasteiger partial charge in [0.15, 0.2) is 6.26 Å². The van der Waals surface area contributed by atoms with Crippen molar-refractivity contribution in [1.29, 1.82) is 0 Å².